The molecule has 0 bridgehead atoms. The van der Waals surface area contributed by atoms with Crippen LogP contribution < -0.4 is 16.4 Å². The van der Waals surface area contributed by atoms with Crippen LogP contribution in [0.2, 0.25) is 0 Å². The Bertz CT molecular complexity index is 989. The number of nitrogens with two attached hydrogens (primary N) is 1. The summed E-state index contributed by atoms with van der Waals surface area (Å²) in [5.74, 6) is 0.139. The number of rotatable bonds is 17. The first-order chi connectivity index (χ1) is 19.9. The molecule has 1 heterocycles. The van der Waals surface area contributed by atoms with Crippen molar-refractivity contribution in [1.29, 1.82) is 0 Å². The number of aliphatic hydroxyl groups is 1. The summed E-state index contributed by atoms with van der Waals surface area (Å²) in [7, 11) is 0. The van der Waals surface area contributed by atoms with Crippen LogP contribution in [0.25, 0.3) is 0 Å². The second-order valence-electron chi connectivity index (χ2n) is 12.7. The standard InChI is InChI=1S/C33H57N5O4.2ClH/c1-7-8-14-35-33(42)29(24(4)5)21-31(40)30(34)20-27(23(2)3)22-36-32(41)28-12-10-9-11-26(28)13-15-37-16-18-38(19-17-37)25(6)39;;/h9-12,23-24,27,29-31,40H,7-8,13-22,34H2,1-6H3,(H,35,42)(H,36,41);2*1H/t27-,29+,30+,31+;;/m1../s1. The highest BCUT2D eigenvalue weighted by atomic mass is 35.5. The van der Waals surface area contributed by atoms with Crippen molar-refractivity contribution in [3.8, 4) is 0 Å². The van der Waals surface area contributed by atoms with Gasteiger partial charge in [0, 0.05) is 70.3 Å². The summed E-state index contributed by atoms with van der Waals surface area (Å²) in [5.41, 5.74) is 8.17. The van der Waals surface area contributed by atoms with Crippen molar-refractivity contribution in [1.82, 2.24) is 20.4 Å². The van der Waals surface area contributed by atoms with E-state index in [0.29, 0.717) is 31.5 Å². The minimum absolute atomic E-state index is 0. The van der Waals surface area contributed by atoms with Crippen LogP contribution >= 0.6 is 24.8 Å². The van der Waals surface area contributed by atoms with Gasteiger partial charge < -0.3 is 26.4 Å². The summed E-state index contributed by atoms with van der Waals surface area (Å²) in [6, 6.07) is 7.24. The second kappa shape index (κ2) is 21.8. The Balaban J connectivity index is 0.00000924. The van der Waals surface area contributed by atoms with Crippen molar-refractivity contribution in [2.24, 2.45) is 29.4 Å². The quantitative estimate of drug-likeness (QED) is 0.188. The van der Waals surface area contributed by atoms with Gasteiger partial charge in [-0.1, -0.05) is 59.2 Å². The van der Waals surface area contributed by atoms with E-state index < -0.39 is 12.1 Å². The molecule has 0 aromatic heterocycles. The molecule has 0 aliphatic carbocycles. The maximum absolute atomic E-state index is 13.3. The van der Waals surface area contributed by atoms with Crippen molar-refractivity contribution >= 4 is 42.5 Å². The van der Waals surface area contributed by atoms with Crippen LogP contribution in [0.1, 0.15) is 83.1 Å². The first-order valence-corrected chi connectivity index (χ1v) is 16.0. The molecule has 2 rings (SSSR count). The molecule has 0 saturated carbocycles. The van der Waals surface area contributed by atoms with Crippen molar-refractivity contribution in [2.45, 2.75) is 85.8 Å². The molecular formula is C33H59Cl2N5O4. The summed E-state index contributed by atoms with van der Waals surface area (Å²) >= 11 is 0. The fourth-order valence-corrected chi connectivity index (χ4v) is 5.58. The third-order valence-electron chi connectivity index (χ3n) is 8.78. The highest BCUT2D eigenvalue weighted by molar-refractivity contribution is 5.95. The van der Waals surface area contributed by atoms with E-state index in [0.717, 1.165) is 57.5 Å². The van der Waals surface area contributed by atoms with Gasteiger partial charge in [-0.25, -0.2) is 0 Å². The van der Waals surface area contributed by atoms with Crippen LogP contribution in [0.3, 0.4) is 0 Å². The SMILES string of the molecule is CCCCNC(=O)[C@@H](C[C@H](O)[C@@H](N)C[C@H](CNC(=O)c1ccccc1CCN1CCN(C(C)=O)CC1)C(C)C)C(C)C.Cl.Cl. The van der Waals surface area contributed by atoms with Gasteiger partial charge in [0.05, 0.1) is 6.10 Å². The van der Waals surface area contributed by atoms with E-state index in [1.807, 2.05) is 43.0 Å². The fourth-order valence-electron chi connectivity index (χ4n) is 5.58. The van der Waals surface area contributed by atoms with E-state index in [1.165, 1.54) is 0 Å². The number of unbranched alkanes of at least 4 members (excludes halogenated alkanes) is 1. The van der Waals surface area contributed by atoms with Crippen LogP contribution in [0, 0.1) is 23.7 Å². The molecule has 11 heteroatoms. The number of piperazine rings is 1. The number of carbonyl (C=O) groups excluding carboxylic acids is 3. The molecule has 0 unspecified atom stereocenters. The van der Waals surface area contributed by atoms with Gasteiger partial charge in [-0.2, -0.15) is 0 Å². The van der Waals surface area contributed by atoms with Gasteiger partial charge in [0.15, 0.2) is 0 Å². The number of aliphatic hydroxyl groups excluding tert-OH is 1. The van der Waals surface area contributed by atoms with E-state index in [4.69, 9.17) is 5.73 Å². The number of nitrogens with one attached hydrogen (secondary N) is 2. The summed E-state index contributed by atoms with van der Waals surface area (Å²) < 4.78 is 0. The maximum Gasteiger partial charge on any atom is 0.251 e. The molecule has 1 aromatic carbocycles. The molecule has 9 nitrogen and oxygen atoms in total. The Kier molecular flexibility index (Phi) is 20.8. The Hall–Kier alpha value is -1.91. The maximum atomic E-state index is 13.3. The summed E-state index contributed by atoms with van der Waals surface area (Å²) in [5, 5.41) is 17.1. The zero-order valence-electron chi connectivity index (χ0n) is 27.7. The molecule has 3 amide bonds. The predicted octanol–water partition coefficient (Wildman–Crippen LogP) is 3.90. The lowest BCUT2D eigenvalue weighted by Gasteiger charge is -2.34. The van der Waals surface area contributed by atoms with Crippen LogP contribution in [-0.4, -0.2) is 90.6 Å². The van der Waals surface area contributed by atoms with Crippen molar-refractivity contribution < 1.29 is 19.5 Å². The molecule has 1 aromatic rings. The number of carbonyl (C=O) groups is 3. The molecule has 1 aliphatic heterocycles. The third-order valence-corrected chi connectivity index (χ3v) is 8.78. The minimum Gasteiger partial charge on any atom is -0.391 e. The normalized spacial score (nSPS) is 16.4. The third kappa shape index (κ3) is 14.0. The zero-order chi connectivity index (χ0) is 31.2. The van der Waals surface area contributed by atoms with Crippen LogP contribution in [0.4, 0.5) is 0 Å². The number of halogens is 2. The fraction of sp³-hybridized carbons (Fsp3) is 0.727. The highest BCUT2D eigenvalue weighted by Gasteiger charge is 2.30. The Morgan fingerprint density at radius 3 is 2.16 bits per heavy atom. The van der Waals surface area contributed by atoms with Gasteiger partial charge in [0.1, 0.15) is 0 Å². The van der Waals surface area contributed by atoms with Gasteiger partial charge in [-0.05, 0) is 55.1 Å². The summed E-state index contributed by atoms with van der Waals surface area (Å²) in [4.78, 5) is 41.9. The number of nitrogens with zero attached hydrogens (tertiary/aromatic N) is 2. The summed E-state index contributed by atoms with van der Waals surface area (Å²) in [6.07, 6.45) is 2.78. The van der Waals surface area contributed by atoms with Crippen LogP contribution in [0.5, 0.6) is 0 Å². The van der Waals surface area contributed by atoms with E-state index in [2.05, 4.69) is 36.3 Å². The molecule has 0 radical (unpaired) electrons. The van der Waals surface area contributed by atoms with E-state index in [9.17, 15) is 19.5 Å². The minimum atomic E-state index is -0.802. The topological polar surface area (TPSA) is 128 Å². The lowest BCUT2D eigenvalue weighted by molar-refractivity contribution is -0.130. The van der Waals surface area contributed by atoms with E-state index in [1.54, 1.807) is 6.92 Å². The smallest absolute Gasteiger partial charge is 0.251 e. The molecule has 4 atom stereocenters. The van der Waals surface area contributed by atoms with Crippen molar-refractivity contribution in [2.75, 3.05) is 45.8 Å². The Morgan fingerprint density at radius 2 is 1.59 bits per heavy atom. The Morgan fingerprint density at radius 1 is 0.955 bits per heavy atom. The van der Waals surface area contributed by atoms with E-state index >= 15 is 0 Å². The molecule has 1 aliphatic rings. The van der Waals surface area contributed by atoms with Gasteiger partial charge in [-0.15, -0.1) is 24.8 Å². The molecular weight excluding hydrogens is 601 g/mol. The average molecular weight is 661 g/mol. The van der Waals surface area contributed by atoms with Gasteiger partial charge >= 0.3 is 0 Å². The van der Waals surface area contributed by atoms with Gasteiger partial charge in [0.2, 0.25) is 11.8 Å². The molecule has 0 spiro atoms. The van der Waals surface area contributed by atoms with Gasteiger partial charge in [0.25, 0.3) is 5.91 Å². The second-order valence-corrected chi connectivity index (χ2v) is 12.7. The molecule has 1 saturated heterocycles. The number of hydrogen-bond donors (Lipinski definition) is 4. The largest absolute Gasteiger partial charge is 0.391 e. The molecule has 44 heavy (non-hydrogen) atoms. The lowest BCUT2D eigenvalue weighted by atomic mass is 9.83. The summed E-state index contributed by atoms with van der Waals surface area (Å²) in [6.45, 7) is 17.0. The zero-order valence-corrected chi connectivity index (χ0v) is 29.4. The predicted molar refractivity (Wildman–Crippen MR) is 183 cm³/mol. The number of amides is 3. The van der Waals surface area contributed by atoms with Crippen LogP contribution in [0.15, 0.2) is 24.3 Å². The van der Waals surface area contributed by atoms with E-state index in [-0.39, 0.29) is 66.2 Å². The molecule has 1 fully saturated rings. The van der Waals surface area contributed by atoms with Crippen LogP contribution in [-0.2, 0) is 16.0 Å². The average Bonchev–Trinajstić information content (AvgIpc) is 2.96. The molecule has 5 N–H and O–H groups in total. The Labute approximate surface area is 278 Å². The van der Waals surface area contributed by atoms with Crippen molar-refractivity contribution in [3.63, 3.8) is 0 Å². The number of hydrogen-bond acceptors (Lipinski definition) is 6. The monoisotopic (exact) mass is 659 g/mol. The first kappa shape index (κ1) is 42.1. The van der Waals surface area contributed by atoms with Gasteiger partial charge in [-0.3, -0.25) is 19.3 Å². The number of benzene rings is 1. The first-order valence-electron chi connectivity index (χ1n) is 16.0. The van der Waals surface area contributed by atoms with Crippen molar-refractivity contribution in [3.05, 3.63) is 35.4 Å². The highest BCUT2D eigenvalue weighted by Crippen LogP contribution is 2.23. The lowest BCUT2D eigenvalue weighted by Crippen LogP contribution is -2.48. The molecule has 254 valence electrons.